The Morgan fingerprint density at radius 2 is 1.71 bits per heavy atom. The second kappa shape index (κ2) is 5.73. The summed E-state index contributed by atoms with van der Waals surface area (Å²) in [6.45, 7) is 2.25. The lowest BCUT2D eigenvalue weighted by atomic mass is 10.0. The van der Waals surface area contributed by atoms with Crippen LogP contribution in [0.2, 0.25) is 0 Å². The molecule has 21 heavy (non-hydrogen) atoms. The topological polar surface area (TPSA) is 52.5 Å². The van der Waals surface area contributed by atoms with Gasteiger partial charge in [-0.15, -0.1) is 11.3 Å². The fraction of sp³-hybridized carbons (Fsp3) is 0.294. The minimum atomic E-state index is -0.659. The van der Waals surface area contributed by atoms with E-state index in [1.165, 1.54) is 25.7 Å². The minimum Gasteiger partial charge on any atom is -0.394 e. The normalized spacial score (nSPS) is 12.3. The zero-order valence-corrected chi connectivity index (χ0v) is 12.8. The van der Waals surface area contributed by atoms with Gasteiger partial charge in [-0.3, -0.25) is 0 Å². The monoisotopic (exact) mass is 301 g/mol. The third-order valence-corrected chi connectivity index (χ3v) is 5.03. The standard InChI is InChI=1S/C17H19NO2S/c1-17(10-19,11-20)18-9-12-5-4-8-15-16(12)13-6-2-3-7-14(13)21-15/h2-8,18-20H,9-11H2,1H3. The predicted molar refractivity (Wildman–Crippen MR) is 88.7 cm³/mol. The first-order valence-corrected chi connectivity index (χ1v) is 7.84. The predicted octanol–water partition coefficient (Wildman–Crippen LogP) is 2.89. The molecule has 110 valence electrons. The summed E-state index contributed by atoms with van der Waals surface area (Å²) in [6, 6.07) is 14.7. The zero-order valence-electron chi connectivity index (χ0n) is 12.0. The van der Waals surface area contributed by atoms with Gasteiger partial charge in [0.05, 0.1) is 18.8 Å². The van der Waals surface area contributed by atoms with Crippen molar-refractivity contribution in [3.8, 4) is 0 Å². The number of aliphatic hydroxyl groups is 2. The summed E-state index contributed by atoms with van der Waals surface area (Å²) in [5.41, 5.74) is 0.534. The Morgan fingerprint density at radius 1 is 1.00 bits per heavy atom. The number of benzene rings is 2. The van der Waals surface area contributed by atoms with Crippen LogP contribution < -0.4 is 5.32 Å². The molecule has 0 aliphatic rings. The molecule has 0 saturated heterocycles. The molecule has 1 aromatic heterocycles. The van der Waals surface area contributed by atoms with Crippen molar-refractivity contribution in [3.05, 3.63) is 48.0 Å². The SMILES string of the molecule is CC(CO)(CO)NCc1cccc2sc3ccccc3c12. The lowest BCUT2D eigenvalue weighted by molar-refractivity contribution is 0.103. The lowest BCUT2D eigenvalue weighted by Crippen LogP contribution is -2.48. The van der Waals surface area contributed by atoms with Gasteiger partial charge in [-0.1, -0.05) is 30.3 Å². The molecule has 3 nitrogen and oxygen atoms in total. The van der Waals surface area contributed by atoms with E-state index in [9.17, 15) is 10.2 Å². The van der Waals surface area contributed by atoms with Crippen LogP contribution in [0.1, 0.15) is 12.5 Å². The number of fused-ring (bicyclic) bond motifs is 3. The van der Waals surface area contributed by atoms with E-state index in [4.69, 9.17) is 0 Å². The smallest absolute Gasteiger partial charge is 0.0633 e. The van der Waals surface area contributed by atoms with E-state index in [0.29, 0.717) is 6.54 Å². The van der Waals surface area contributed by atoms with Gasteiger partial charge in [0.25, 0.3) is 0 Å². The summed E-state index contributed by atoms with van der Waals surface area (Å²) in [7, 11) is 0. The van der Waals surface area contributed by atoms with Gasteiger partial charge in [-0.2, -0.15) is 0 Å². The van der Waals surface area contributed by atoms with Crippen molar-refractivity contribution in [2.45, 2.75) is 19.0 Å². The maximum Gasteiger partial charge on any atom is 0.0633 e. The van der Waals surface area contributed by atoms with Crippen molar-refractivity contribution in [3.63, 3.8) is 0 Å². The van der Waals surface area contributed by atoms with Crippen molar-refractivity contribution < 1.29 is 10.2 Å². The molecule has 0 saturated carbocycles. The van der Waals surface area contributed by atoms with E-state index < -0.39 is 5.54 Å². The van der Waals surface area contributed by atoms with Crippen LogP contribution in [0, 0.1) is 0 Å². The van der Waals surface area contributed by atoms with Gasteiger partial charge in [-0.25, -0.2) is 0 Å². The first-order valence-electron chi connectivity index (χ1n) is 7.03. The summed E-state index contributed by atoms with van der Waals surface area (Å²) in [5.74, 6) is 0. The molecule has 2 aromatic carbocycles. The van der Waals surface area contributed by atoms with Crippen molar-refractivity contribution in [1.82, 2.24) is 5.32 Å². The van der Waals surface area contributed by atoms with Gasteiger partial charge in [0, 0.05) is 26.7 Å². The highest BCUT2D eigenvalue weighted by Crippen LogP contribution is 2.35. The van der Waals surface area contributed by atoms with E-state index >= 15 is 0 Å². The third-order valence-electron chi connectivity index (χ3n) is 3.89. The van der Waals surface area contributed by atoms with E-state index in [-0.39, 0.29) is 13.2 Å². The minimum absolute atomic E-state index is 0.0934. The fourth-order valence-electron chi connectivity index (χ4n) is 2.47. The first kappa shape index (κ1) is 14.5. The quantitative estimate of drug-likeness (QED) is 0.679. The second-order valence-corrected chi connectivity index (χ2v) is 6.70. The Labute approximate surface area is 127 Å². The zero-order chi connectivity index (χ0) is 14.9. The van der Waals surface area contributed by atoms with Gasteiger partial charge in [0.2, 0.25) is 0 Å². The maximum absolute atomic E-state index is 9.39. The van der Waals surface area contributed by atoms with E-state index in [2.05, 4.69) is 47.8 Å². The van der Waals surface area contributed by atoms with E-state index in [0.717, 1.165) is 0 Å². The van der Waals surface area contributed by atoms with Gasteiger partial charge >= 0.3 is 0 Å². The van der Waals surface area contributed by atoms with E-state index in [1.54, 1.807) is 11.3 Å². The van der Waals surface area contributed by atoms with Crippen molar-refractivity contribution in [2.75, 3.05) is 13.2 Å². The average molecular weight is 301 g/mol. The second-order valence-electron chi connectivity index (χ2n) is 5.62. The molecule has 4 heteroatoms. The molecule has 3 rings (SSSR count). The van der Waals surface area contributed by atoms with Crippen LogP contribution >= 0.6 is 11.3 Å². The fourth-order valence-corrected chi connectivity index (χ4v) is 3.62. The Hall–Kier alpha value is -1.46. The average Bonchev–Trinajstić information content (AvgIpc) is 2.91. The van der Waals surface area contributed by atoms with E-state index in [1.807, 2.05) is 6.92 Å². The molecule has 3 N–H and O–H groups in total. The molecule has 0 bridgehead atoms. The molecule has 1 heterocycles. The van der Waals surface area contributed by atoms with Crippen LogP contribution in [0.3, 0.4) is 0 Å². The highest BCUT2D eigenvalue weighted by atomic mass is 32.1. The number of nitrogens with one attached hydrogen (secondary N) is 1. The summed E-state index contributed by atoms with van der Waals surface area (Å²) in [6.07, 6.45) is 0. The Kier molecular flexibility index (Phi) is 3.95. The summed E-state index contributed by atoms with van der Waals surface area (Å²) >= 11 is 1.79. The van der Waals surface area contributed by atoms with Gasteiger partial charge in [0.15, 0.2) is 0 Å². The van der Waals surface area contributed by atoms with Gasteiger partial charge in [0.1, 0.15) is 0 Å². The van der Waals surface area contributed by atoms with Crippen LogP contribution in [0.15, 0.2) is 42.5 Å². The van der Waals surface area contributed by atoms with Crippen LogP contribution in [-0.2, 0) is 6.54 Å². The molecule has 0 aliphatic heterocycles. The molecule has 0 radical (unpaired) electrons. The highest BCUT2D eigenvalue weighted by molar-refractivity contribution is 7.25. The van der Waals surface area contributed by atoms with Gasteiger partial charge < -0.3 is 15.5 Å². The molecule has 0 unspecified atom stereocenters. The molecular weight excluding hydrogens is 282 g/mol. The molecule has 0 spiro atoms. The summed E-state index contributed by atoms with van der Waals surface area (Å²) in [5, 5.41) is 24.6. The molecule has 3 aromatic rings. The number of rotatable bonds is 5. The van der Waals surface area contributed by atoms with Crippen LogP contribution in [-0.4, -0.2) is 29.0 Å². The number of thiophene rings is 1. The molecule has 0 fully saturated rings. The number of hydrogen-bond acceptors (Lipinski definition) is 4. The summed E-state index contributed by atoms with van der Waals surface area (Å²) < 4.78 is 2.55. The maximum atomic E-state index is 9.39. The Morgan fingerprint density at radius 3 is 2.48 bits per heavy atom. The molecular formula is C17H19NO2S. The first-order chi connectivity index (χ1) is 10.2. The van der Waals surface area contributed by atoms with Crippen molar-refractivity contribution in [1.29, 1.82) is 0 Å². The van der Waals surface area contributed by atoms with Crippen LogP contribution in [0.25, 0.3) is 20.2 Å². The Balaban J connectivity index is 2.02. The largest absolute Gasteiger partial charge is 0.394 e. The van der Waals surface area contributed by atoms with Crippen molar-refractivity contribution >= 4 is 31.5 Å². The highest BCUT2D eigenvalue weighted by Gasteiger charge is 2.21. The Bertz CT molecular complexity index is 762. The molecule has 0 amide bonds. The van der Waals surface area contributed by atoms with Crippen molar-refractivity contribution in [2.24, 2.45) is 0 Å². The molecule has 0 aliphatic carbocycles. The lowest BCUT2D eigenvalue weighted by Gasteiger charge is -2.26. The third kappa shape index (κ3) is 2.68. The van der Waals surface area contributed by atoms with Crippen LogP contribution in [0.4, 0.5) is 0 Å². The summed E-state index contributed by atoms with van der Waals surface area (Å²) in [4.78, 5) is 0. The van der Waals surface area contributed by atoms with Gasteiger partial charge in [-0.05, 0) is 24.6 Å². The van der Waals surface area contributed by atoms with Crippen LogP contribution in [0.5, 0.6) is 0 Å². The molecule has 0 atom stereocenters. The number of hydrogen-bond donors (Lipinski definition) is 3. The number of aliphatic hydroxyl groups excluding tert-OH is 2.